The Bertz CT molecular complexity index is 616. The van der Waals surface area contributed by atoms with Crippen LogP contribution in [0.4, 0.5) is 5.69 Å². The van der Waals surface area contributed by atoms with Crippen molar-refractivity contribution in [3.63, 3.8) is 0 Å². The van der Waals surface area contributed by atoms with Crippen LogP contribution in [0.2, 0.25) is 0 Å². The topological polar surface area (TPSA) is 60.4 Å². The largest absolute Gasteiger partial charge is 0.320 e. The van der Waals surface area contributed by atoms with Gasteiger partial charge in [0.25, 0.3) is 5.69 Å². The molecule has 0 atom stereocenters. The van der Waals surface area contributed by atoms with Crippen molar-refractivity contribution in [2.75, 3.05) is 7.05 Å². The van der Waals surface area contributed by atoms with Gasteiger partial charge in [0.2, 0.25) is 0 Å². The molecule has 5 nitrogen and oxygen atoms in total. The van der Waals surface area contributed by atoms with E-state index in [0.29, 0.717) is 0 Å². The van der Waals surface area contributed by atoms with Crippen molar-refractivity contribution in [3.05, 3.63) is 44.6 Å². The molecule has 0 aliphatic rings. The summed E-state index contributed by atoms with van der Waals surface area (Å²) in [6.07, 6.45) is 0. The Morgan fingerprint density at radius 2 is 1.94 bits per heavy atom. The van der Waals surface area contributed by atoms with E-state index in [1.54, 1.807) is 30.5 Å². The van der Waals surface area contributed by atoms with E-state index in [-0.39, 0.29) is 22.7 Å². The van der Waals surface area contributed by atoms with Gasteiger partial charge in [-0.2, -0.15) is 0 Å². The number of thiazole rings is 1. The third-order valence-electron chi connectivity index (χ3n) is 2.49. The summed E-state index contributed by atoms with van der Waals surface area (Å²) in [5, 5.41) is 12.5. The van der Waals surface area contributed by atoms with Crippen molar-refractivity contribution >= 4 is 34.0 Å². The van der Waals surface area contributed by atoms with Gasteiger partial charge >= 0.3 is 0 Å². The zero-order valence-electron chi connectivity index (χ0n) is 9.86. The van der Waals surface area contributed by atoms with Gasteiger partial charge in [-0.1, -0.05) is 0 Å². The van der Waals surface area contributed by atoms with Crippen molar-refractivity contribution in [2.45, 2.75) is 0 Å². The second-order valence-electron chi connectivity index (χ2n) is 3.49. The van der Waals surface area contributed by atoms with Gasteiger partial charge in [-0.3, -0.25) is 15.1 Å². The van der Waals surface area contributed by atoms with E-state index in [9.17, 15) is 10.1 Å². The number of nitrogens with zero attached hydrogens (tertiary/aromatic N) is 3. The van der Waals surface area contributed by atoms with Crippen molar-refractivity contribution in [3.8, 4) is 11.3 Å². The number of benzene rings is 1. The molecule has 2 aromatic rings. The molecule has 0 saturated carbocycles. The number of halogens is 1. The Hall–Kier alpha value is -1.47. The summed E-state index contributed by atoms with van der Waals surface area (Å²) in [5.74, 6) is 0. The summed E-state index contributed by atoms with van der Waals surface area (Å²) in [5.41, 5.74) is 2.06. The average molecular weight is 330 g/mol. The molecule has 0 radical (unpaired) electrons. The summed E-state index contributed by atoms with van der Waals surface area (Å²) >= 11 is 1.54. The van der Waals surface area contributed by atoms with Crippen molar-refractivity contribution in [1.29, 1.82) is 0 Å². The maximum atomic E-state index is 10.6. The monoisotopic (exact) mass is 329 g/mol. The van der Waals surface area contributed by atoms with Gasteiger partial charge in [-0.05, 0) is 17.7 Å². The van der Waals surface area contributed by atoms with Crippen LogP contribution < -0.4 is 4.80 Å². The maximum Gasteiger partial charge on any atom is 0.269 e. The van der Waals surface area contributed by atoms with Crippen LogP contribution in [0.5, 0.6) is 0 Å². The molecule has 0 fully saturated rings. The van der Waals surface area contributed by atoms with Gasteiger partial charge in [0, 0.05) is 31.6 Å². The van der Waals surface area contributed by atoms with Crippen LogP contribution in [0.1, 0.15) is 0 Å². The molecule has 0 saturated heterocycles. The van der Waals surface area contributed by atoms with Crippen molar-refractivity contribution < 1.29 is 4.92 Å². The van der Waals surface area contributed by atoms with E-state index >= 15 is 0 Å². The fourth-order valence-corrected chi connectivity index (χ4v) is 2.46. The second kappa shape index (κ2) is 5.92. The molecular formula is C11H12BrN3O2S. The molecule has 0 unspecified atom stereocenters. The van der Waals surface area contributed by atoms with Crippen LogP contribution in [0.25, 0.3) is 11.3 Å². The highest BCUT2D eigenvalue weighted by molar-refractivity contribution is 8.93. The highest BCUT2D eigenvalue weighted by atomic mass is 79.9. The summed E-state index contributed by atoms with van der Waals surface area (Å²) in [6, 6.07) is 6.52. The van der Waals surface area contributed by atoms with E-state index in [1.165, 1.54) is 12.1 Å². The highest BCUT2D eigenvalue weighted by Crippen LogP contribution is 2.22. The molecule has 18 heavy (non-hydrogen) atoms. The van der Waals surface area contributed by atoms with Crippen LogP contribution in [0.3, 0.4) is 0 Å². The first-order valence-electron chi connectivity index (χ1n) is 4.95. The molecule has 0 bridgehead atoms. The summed E-state index contributed by atoms with van der Waals surface area (Å²) < 4.78 is 1.96. The van der Waals surface area contributed by atoms with Gasteiger partial charge in [-0.25, -0.2) is 0 Å². The van der Waals surface area contributed by atoms with E-state index < -0.39 is 4.92 Å². The predicted molar refractivity (Wildman–Crippen MR) is 77.2 cm³/mol. The third kappa shape index (κ3) is 2.68. The SMILES string of the molecule is Br.CN=c1scc(-c2ccc([N+](=O)[O-])cc2)n1C. The lowest BCUT2D eigenvalue weighted by Crippen LogP contribution is -2.10. The molecule has 1 aromatic carbocycles. The highest BCUT2D eigenvalue weighted by Gasteiger charge is 2.07. The zero-order chi connectivity index (χ0) is 12.4. The number of nitro benzene ring substituents is 1. The van der Waals surface area contributed by atoms with E-state index in [1.807, 2.05) is 17.0 Å². The predicted octanol–water partition coefficient (Wildman–Crippen LogP) is 2.77. The third-order valence-corrected chi connectivity index (χ3v) is 3.50. The lowest BCUT2D eigenvalue weighted by molar-refractivity contribution is -0.384. The molecule has 7 heteroatoms. The first kappa shape index (κ1) is 14.6. The molecule has 1 aromatic heterocycles. The van der Waals surface area contributed by atoms with Gasteiger partial charge in [0.15, 0.2) is 4.80 Å². The minimum atomic E-state index is -0.399. The van der Waals surface area contributed by atoms with Crippen LogP contribution in [0.15, 0.2) is 34.6 Å². The van der Waals surface area contributed by atoms with Gasteiger partial charge in [0.1, 0.15) is 0 Å². The molecular weight excluding hydrogens is 318 g/mol. The van der Waals surface area contributed by atoms with E-state index in [0.717, 1.165) is 16.1 Å². The van der Waals surface area contributed by atoms with Crippen LogP contribution >= 0.6 is 28.3 Å². The van der Waals surface area contributed by atoms with Crippen LogP contribution in [-0.4, -0.2) is 16.5 Å². The Morgan fingerprint density at radius 1 is 1.33 bits per heavy atom. The molecule has 0 aliphatic heterocycles. The summed E-state index contributed by atoms with van der Waals surface area (Å²) in [7, 11) is 3.67. The summed E-state index contributed by atoms with van der Waals surface area (Å²) in [6.45, 7) is 0. The molecule has 2 rings (SSSR count). The first-order chi connectivity index (χ1) is 8.13. The van der Waals surface area contributed by atoms with E-state index in [4.69, 9.17) is 0 Å². The minimum Gasteiger partial charge on any atom is -0.320 e. The molecule has 0 N–H and O–H groups in total. The molecule has 0 aliphatic carbocycles. The standard InChI is InChI=1S/C11H11N3O2S.BrH/c1-12-11-13(2)10(7-17-11)8-3-5-9(6-4-8)14(15)16;/h3-7H,1-2H3;1H. The number of aromatic nitrogens is 1. The Morgan fingerprint density at radius 3 is 2.39 bits per heavy atom. The Balaban J connectivity index is 0.00000162. The molecule has 96 valence electrons. The molecule has 1 heterocycles. The smallest absolute Gasteiger partial charge is 0.269 e. The number of nitro groups is 1. The number of hydrogen-bond donors (Lipinski definition) is 0. The van der Waals surface area contributed by atoms with Gasteiger partial charge in [-0.15, -0.1) is 28.3 Å². The van der Waals surface area contributed by atoms with Crippen molar-refractivity contribution in [2.24, 2.45) is 12.0 Å². The molecule has 0 spiro atoms. The second-order valence-corrected chi connectivity index (χ2v) is 4.33. The van der Waals surface area contributed by atoms with Crippen molar-refractivity contribution in [1.82, 2.24) is 4.57 Å². The average Bonchev–Trinajstić information content (AvgIpc) is 2.70. The maximum absolute atomic E-state index is 10.6. The fourth-order valence-electron chi connectivity index (χ4n) is 1.59. The normalized spacial score (nSPS) is 11.1. The van der Waals surface area contributed by atoms with E-state index in [2.05, 4.69) is 4.99 Å². The minimum absolute atomic E-state index is 0. The van der Waals surface area contributed by atoms with Gasteiger partial charge in [0.05, 0.1) is 10.6 Å². The lowest BCUT2D eigenvalue weighted by Gasteiger charge is -2.02. The quantitative estimate of drug-likeness (QED) is 0.628. The number of hydrogen-bond acceptors (Lipinski definition) is 4. The summed E-state index contributed by atoms with van der Waals surface area (Å²) in [4.78, 5) is 15.2. The fraction of sp³-hybridized carbons (Fsp3) is 0.182. The Kier molecular flexibility index (Phi) is 4.80. The zero-order valence-corrected chi connectivity index (χ0v) is 12.4. The number of non-ortho nitro benzene ring substituents is 1. The molecule has 0 amide bonds. The number of rotatable bonds is 2. The van der Waals surface area contributed by atoms with Gasteiger partial charge < -0.3 is 4.57 Å². The lowest BCUT2D eigenvalue weighted by atomic mass is 10.1. The first-order valence-corrected chi connectivity index (χ1v) is 5.83. The van der Waals surface area contributed by atoms with Crippen LogP contribution in [-0.2, 0) is 7.05 Å². The van der Waals surface area contributed by atoms with Crippen LogP contribution in [0, 0.1) is 10.1 Å². The Labute approximate surface area is 118 Å².